The zero-order chi connectivity index (χ0) is 9.07. The van der Waals surface area contributed by atoms with E-state index in [1.54, 1.807) is 0 Å². The molecular formula is C12H22. The first-order valence-electron chi connectivity index (χ1n) is 5.21. The average molecular weight is 166 g/mol. The molecule has 0 unspecified atom stereocenters. The van der Waals surface area contributed by atoms with Gasteiger partial charge < -0.3 is 0 Å². The van der Waals surface area contributed by atoms with Crippen LogP contribution in [0, 0.1) is 0 Å². The maximum atomic E-state index is 2.29. The van der Waals surface area contributed by atoms with E-state index in [0.717, 1.165) is 0 Å². The van der Waals surface area contributed by atoms with Gasteiger partial charge >= 0.3 is 0 Å². The van der Waals surface area contributed by atoms with E-state index in [1.165, 1.54) is 38.5 Å². The van der Waals surface area contributed by atoms with Gasteiger partial charge in [0.1, 0.15) is 0 Å². The molecule has 70 valence electrons. The fourth-order valence-corrected chi connectivity index (χ4v) is 0.997. The van der Waals surface area contributed by atoms with Crippen LogP contribution >= 0.6 is 0 Å². The van der Waals surface area contributed by atoms with Crippen molar-refractivity contribution in [1.82, 2.24) is 0 Å². The minimum atomic E-state index is 1.21. The maximum absolute atomic E-state index is 2.29. The first kappa shape index (κ1) is 11.5. The Balaban J connectivity index is 3.09. The predicted molar refractivity (Wildman–Crippen MR) is 57.3 cm³/mol. The fraction of sp³-hybridized carbons (Fsp3) is 0.667. The van der Waals surface area contributed by atoms with E-state index in [9.17, 15) is 0 Å². The molecule has 0 fully saturated rings. The highest BCUT2D eigenvalue weighted by Crippen LogP contribution is 1.97. The number of hydrogen-bond donors (Lipinski definition) is 0. The molecule has 0 radical (unpaired) electrons. The lowest BCUT2D eigenvalue weighted by molar-refractivity contribution is 0.931. The quantitative estimate of drug-likeness (QED) is 0.386. The summed E-state index contributed by atoms with van der Waals surface area (Å²) in [6.45, 7) is 4.43. The minimum absolute atomic E-state index is 1.21. The van der Waals surface area contributed by atoms with Crippen LogP contribution < -0.4 is 0 Å². The molecule has 0 aromatic heterocycles. The Morgan fingerprint density at radius 3 is 1.25 bits per heavy atom. The third-order valence-electron chi connectivity index (χ3n) is 1.74. The second kappa shape index (κ2) is 10.5. The number of hydrogen-bond acceptors (Lipinski definition) is 0. The molecular weight excluding hydrogens is 144 g/mol. The van der Waals surface area contributed by atoms with E-state index in [-0.39, 0.29) is 0 Å². The number of unbranched alkanes of at least 4 members (excludes halogenated alkanes) is 3. The summed E-state index contributed by atoms with van der Waals surface area (Å²) >= 11 is 0. The van der Waals surface area contributed by atoms with Gasteiger partial charge in [-0.05, 0) is 25.7 Å². The zero-order valence-electron chi connectivity index (χ0n) is 8.55. The molecule has 0 atom stereocenters. The average Bonchev–Trinajstić information content (AvgIpc) is 2.10. The van der Waals surface area contributed by atoms with Gasteiger partial charge in [0.25, 0.3) is 0 Å². The zero-order valence-corrected chi connectivity index (χ0v) is 8.55. The molecule has 0 heteroatoms. The lowest BCUT2D eigenvalue weighted by atomic mass is 10.2. The smallest absolute Gasteiger partial charge is 0.0316 e. The molecule has 0 nitrogen and oxygen atoms in total. The molecule has 0 bridgehead atoms. The van der Waals surface area contributed by atoms with Gasteiger partial charge in [-0.2, -0.15) is 0 Å². The van der Waals surface area contributed by atoms with E-state index < -0.39 is 0 Å². The minimum Gasteiger partial charge on any atom is -0.0885 e. The van der Waals surface area contributed by atoms with Crippen molar-refractivity contribution in [2.24, 2.45) is 0 Å². The van der Waals surface area contributed by atoms with Crippen LogP contribution in [-0.4, -0.2) is 0 Å². The summed E-state index contributed by atoms with van der Waals surface area (Å²) in [5.41, 5.74) is 0. The molecule has 0 aliphatic rings. The molecule has 0 aliphatic heterocycles. The standard InChI is InChI=1S/C12H22/c1-3-5-7-9-11-12-10-8-6-4-2/h7-10H,3-6,11-12H2,1-2H3/b9-7+,10-8?. The van der Waals surface area contributed by atoms with Gasteiger partial charge in [0.05, 0.1) is 0 Å². The van der Waals surface area contributed by atoms with Crippen LogP contribution in [-0.2, 0) is 0 Å². The Bertz CT molecular complexity index is 104. The molecule has 0 N–H and O–H groups in total. The van der Waals surface area contributed by atoms with Crippen molar-refractivity contribution >= 4 is 0 Å². The second-order valence-corrected chi connectivity index (χ2v) is 3.10. The van der Waals surface area contributed by atoms with Gasteiger partial charge in [-0.1, -0.05) is 51.0 Å². The van der Waals surface area contributed by atoms with Crippen molar-refractivity contribution in [2.45, 2.75) is 52.4 Å². The molecule has 0 aliphatic carbocycles. The maximum Gasteiger partial charge on any atom is -0.0316 e. The van der Waals surface area contributed by atoms with Crippen LogP contribution in [0.4, 0.5) is 0 Å². The van der Waals surface area contributed by atoms with Crippen LogP contribution in [0.1, 0.15) is 52.4 Å². The van der Waals surface area contributed by atoms with E-state index in [2.05, 4.69) is 38.2 Å². The molecule has 0 spiro atoms. The van der Waals surface area contributed by atoms with Gasteiger partial charge in [-0.3, -0.25) is 0 Å². The van der Waals surface area contributed by atoms with Crippen molar-refractivity contribution in [3.05, 3.63) is 24.3 Å². The molecule has 12 heavy (non-hydrogen) atoms. The van der Waals surface area contributed by atoms with Gasteiger partial charge in [0, 0.05) is 0 Å². The summed E-state index contributed by atoms with van der Waals surface area (Å²) in [4.78, 5) is 0. The van der Waals surface area contributed by atoms with E-state index in [4.69, 9.17) is 0 Å². The highest BCUT2D eigenvalue weighted by atomic mass is 13.8. The Morgan fingerprint density at radius 2 is 0.917 bits per heavy atom. The molecule has 0 amide bonds. The number of rotatable bonds is 7. The molecule has 0 saturated heterocycles. The first-order valence-corrected chi connectivity index (χ1v) is 5.21. The van der Waals surface area contributed by atoms with E-state index in [1.807, 2.05) is 0 Å². The first-order chi connectivity index (χ1) is 5.91. The predicted octanol–water partition coefficient (Wildman–Crippen LogP) is 4.48. The summed E-state index contributed by atoms with van der Waals surface area (Å²) in [6.07, 6.45) is 16.6. The lowest BCUT2D eigenvalue weighted by Crippen LogP contribution is -1.67. The van der Waals surface area contributed by atoms with E-state index >= 15 is 0 Å². The topological polar surface area (TPSA) is 0 Å². The third kappa shape index (κ3) is 9.48. The third-order valence-corrected chi connectivity index (χ3v) is 1.74. The summed E-state index contributed by atoms with van der Waals surface area (Å²) in [5.74, 6) is 0. The Hall–Kier alpha value is -0.520. The molecule has 0 aromatic rings. The highest BCUT2D eigenvalue weighted by Gasteiger charge is 1.77. The lowest BCUT2D eigenvalue weighted by Gasteiger charge is -1.87. The summed E-state index contributed by atoms with van der Waals surface area (Å²) < 4.78 is 0. The number of allylic oxidation sites excluding steroid dienone is 4. The summed E-state index contributed by atoms with van der Waals surface area (Å²) in [5, 5.41) is 0. The summed E-state index contributed by atoms with van der Waals surface area (Å²) in [7, 11) is 0. The van der Waals surface area contributed by atoms with Gasteiger partial charge in [0.2, 0.25) is 0 Å². The van der Waals surface area contributed by atoms with Crippen molar-refractivity contribution in [3.63, 3.8) is 0 Å². The Morgan fingerprint density at radius 1 is 0.583 bits per heavy atom. The van der Waals surface area contributed by atoms with Crippen LogP contribution in [0.15, 0.2) is 24.3 Å². The Kier molecular flexibility index (Phi) is 10.0. The van der Waals surface area contributed by atoms with Crippen LogP contribution in [0.25, 0.3) is 0 Å². The molecule has 0 heterocycles. The van der Waals surface area contributed by atoms with Crippen molar-refractivity contribution < 1.29 is 0 Å². The van der Waals surface area contributed by atoms with Crippen LogP contribution in [0.5, 0.6) is 0 Å². The highest BCUT2D eigenvalue weighted by molar-refractivity contribution is 4.87. The fourth-order valence-electron chi connectivity index (χ4n) is 0.997. The molecule has 0 aromatic carbocycles. The van der Waals surface area contributed by atoms with Gasteiger partial charge in [0.15, 0.2) is 0 Å². The van der Waals surface area contributed by atoms with E-state index in [0.29, 0.717) is 0 Å². The monoisotopic (exact) mass is 166 g/mol. The van der Waals surface area contributed by atoms with Crippen molar-refractivity contribution in [2.75, 3.05) is 0 Å². The SMILES string of the molecule is CCCC=CCC/C=C/CCC. The largest absolute Gasteiger partial charge is 0.0885 e. The second-order valence-electron chi connectivity index (χ2n) is 3.10. The van der Waals surface area contributed by atoms with Gasteiger partial charge in [-0.15, -0.1) is 0 Å². The summed E-state index contributed by atoms with van der Waals surface area (Å²) in [6, 6.07) is 0. The van der Waals surface area contributed by atoms with Crippen molar-refractivity contribution in [1.29, 1.82) is 0 Å². The molecule has 0 rings (SSSR count). The van der Waals surface area contributed by atoms with Crippen molar-refractivity contribution in [3.8, 4) is 0 Å². The normalized spacial score (nSPS) is 11.8. The van der Waals surface area contributed by atoms with Crippen LogP contribution in [0.3, 0.4) is 0 Å². The van der Waals surface area contributed by atoms with Crippen LogP contribution in [0.2, 0.25) is 0 Å². The van der Waals surface area contributed by atoms with Gasteiger partial charge in [-0.25, -0.2) is 0 Å². The molecule has 0 saturated carbocycles. The Labute approximate surface area is 77.4 Å².